The van der Waals surface area contributed by atoms with Gasteiger partial charge in [-0.2, -0.15) is 4.31 Å². The fourth-order valence-electron chi connectivity index (χ4n) is 4.67. The minimum atomic E-state index is -4.03. The lowest BCUT2D eigenvalue weighted by atomic mass is 9.92. The summed E-state index contributed by atoms with van der Waals surface area (Å²) in [7, 11) is -4.03. The van der Waals surface area contributed by atoms with Crippen molar-refractivity contribution in [1.29, 1.82) is 0 Å². The molecule has 1 fully saturated rings. The highest BCUT2D eigenvalue weighted by Gasteiger charge is 2.52. The third-order valence-electron chi connectivity index (χ3n) is 6.37. The molecule has 3 aromatic rings. The number of aliphatic hydroxyl groups is 1. The number of aliphatic hydroxyl groups excluding tert-OH is 1. The Morgan fingerprint density at radius 2 is 1.83 bits per heavy atom. The number of sulfonamides is 1. The largest absolute Gasteiger partial charge is 0.392 e. The van der Waals surface area contributed by atoms with Crippen LogP contribution in [0.2, 0.25) is 10.0 Å². The molecule has 12 heteroatoms. The van der Waals surface area contributed by atoms with Crippen LogP contribution in [0, 0.1) is 0 Å². The molecule has 3 heterocycles. The summed E-state index contributed by atoms with van der Waals surface area (Å²) in [5.41, 5.74) is -0.0797. The first-order valence-electron chi connectivity index (χ1n) is 10.8. The Bertz CT molecular complexity index is 1410. The molecule has 2 aromatic carbocycles. The van der Waals surface area contributed by atoms with Crippen molar-refractivity contribution in [2.75, 3.05) is 18.0 Å². The fraction of sp³-hybridized carbons (Fsp3) is 0.304. The number of imidazole rings is 1. The Morgan fingerprint density at radius 1 is 1.17 bits per heavy atom. The summed E-state index contributed by atoms with van der Waals surface area (Å²) in [6, 6.07) is 12.2. The van der Waals surface area contributed by atoms with Gasteiger partial charge in [-0.1, -0.05) is 51.3 Å². The first-order chi connectivity index (χ1) is 16.5. The number of hydrogen-bond acceptors (Lipinski definition) is 5. The zero-order valence-electron chi connectivity index (χ0n) is 18.5. The molecule has 0 bridgehead atoms. The molecule has 5 rings (SSSR count). The Balaban J connectivity index is 1.68. The number of amides is 1. The van der Waals surface area contributed by atoms with E-state index in [4.69, 9.17) is 23.2 Å². The van der Waals surface area contributed by atoms with Crippen molar-refractivity contribution in [1.82, 2.24) is 13.9 Å². The van der Waals surface area contributed by atoms with Crippen molar-refractivity contribution >= 4 is 66.7 Å². The van der Waals surface area contributed by atoms with Gasteiger partial charge in [-0.05, 0) is 49.2 Å². The lowest BCUT2D eigenvalue weighted by Crippen LogP contribution is -2.43. The second kappa shape index (κ2) is 8.86. The smallest absolute Gasteiger partial charge is 0.260 e. The van der Waals surface area contributed by atoms with Crippen LogP contribution in [-0.2, 0) is 26.8 Å². The van der Waals surface area contributed by atoms with E-state index in [1.54, 1.807) is 25.1 Å². The lowest BCUT2D eigenvalue weighted by Gasteiger charge is -2.27. The van der Waals surface area contributed by atoms with E-state index in [2.05, 4.69) is 20.9 Å². The number of anilines is 2. The zero-order chi connectivity index (χ0) is 25.1. The first-order valence-corrected chi connectivity index (χ1v) is 13.8. The standard InChI is InChI=1S/C23H21BrCl2N4O4S/c1-23(11-14-2-4-15(24)5-3-14)21(32)29(18-9-16(25)8-17(26)10-18)22-27-12-20(30(22)23)35(33,34)28-7-6-19(31)13-28/h2-5,8-10,12,19,31H,6-7,11,13H2,1H3/t19?,23-/m1/s1. The summed E-state index contributed by atoms with van der Waals surface area (Å²) in [6.45, 7) is 1.88. The average molecular weight is 600 g/mol. The monoisotopic (exact) mass is 598 g/mol. The van der Waals surface area contributed by atoms with Gasteiger partial charge in [0.05, 0.1) is 18.0 Å². The molecule has 35 heavy (non-hydrogen) atoms. The number of halogens is 3. The van der Waals surface area contributed by atoms with E-state index in [0.717, 1.165) is 10.0 Å². The molecular weight excluding hydrogens is 579 g/mol. The molecule has 1 unspecified atom stereocenters. The Kier molecular flexibility index (Phi) is 6.26. The van der Waals surface area contributed by atoms with Crippen LogP contribution < -0.4 is 4.90 Å². The van der Waals surface area contributed by atoms with Gasteiger partial charge >= 0.3 is 0 Å². The lowest BCUT2D eigenvalue weighted by molar-refractivity contribution is -0.124. The van der Waals surface area contributed by atoms with Gasteiger partial charge in [0.1, 0.15) is 5.54 Å². The van der Waals surface area contributed by atoms with Gasteiger partial charge in [-0.25, -0.2) is 18.3 Å². The molecule has 8 nitrogen and oxygen atoms in total. The molecule has 2 aliphatic heterocycles. The molecular formula is C23H21BrCl2N4O4S. The number of aromatic nitrogens is 2. The molecule has 1 N–H and O–H groups in total. The van der Waals surface area contributed by atoms with Crippen LogP contribution in [-0.4, -0.2) is 52.5 Å². The van der Waals surface area contributed by atoms with Crippen LogP contribution in [0.15, 0.2) is 58.2 Å². The normalized spacial score (nSPS) is 22.7. The molecule has 1 saturated heterocycles. The maximum Gasteiger partial charge on any atom is 0.260 e. The predicted molar refractivity (Wildman–Crippen MR) is 137 cm³/mol. The van der Waals surface area contributed by atoms with Crippen LogP contribution in [0.1, 0.15) is 18.9 Å². The Hall–Kier alpha value is -1.95. The van der Waals surface area contributed by atoms with E-state index in [1.165, 1.54) is 20.0 Å². The van der Waals surface area contributed by atoms with E-state index < -0.39 is 21.7 Å². The molecule has 0 spiro atoms. The minimum Gasteiger partial charge on any atom is -0.392 e. The van der Waals surface area contributed by atoms with Crippen molar-refractivity contribution in [2.24, 2.45) is 0 Å². The van der Waals surface area contributed by atoms with Gasteiger partial charge in [0.25, 0.3) is 15.9 Å². The molecule has 2 atom stereocenters. The van der Waals surface area contributed by atoms with Crippen molar-refractivity contribution in [3.05, 3.63) is 68.7 Å². The number of rotatable bonds is 5. The van der Waals surface area contributed by atoms with E-state index in [1.807, 2.05) is 24.3 Å². The van der Waals surface area contributed by atoms with E-state index in [9.17, 15) is 18.3 Å². The van der Waals surface area contributed by atoms with Crippen molar-refractivity contribution < 1.29 is 18.3 Å². The fourth-order valence-corrected chi connectivity index (χ4v) is 7.13. The molecule has 2 aliphatic rings. The van der Waals surface area contributed by atoms with E-state index in [0.29, 0.717) is 22.2 Å². The van der Waals surface area contributed by atoms with Gasteiger partial charge in [-0.3, -0.25) is 9.36 Å². The number of β-amino-alcohol motifs (C(OH)–C–C–N with tert-alkyl or cyclic N) is 1. The molecule has 1 amide bonds. The third kappa shape index (κ3) is 4.20. The summed E-state index contributed by atoms with van der Waals surface area (Å²) in [6.07, 6.45) is 1.11. The zero-order valence-corrected chi connectivity index (χ0v) is 22.4. The molecule has 0 saturated carbocycles. The van der Waals surface area contributed by atoms with E-state index in [-0.39, 0.29) is 36.4 Å². The van der Waals surface area contributed by atoms with Crippen molar-refractivity contribution in [3.8, 4) is 0 Å². The highest BCUT2D eigenvalue weighted by atomic mass is 79.9. The van der Waals surface area contributed by atoms with Gasteiger partial charge in [0.15, 0.2) is 5.03 Å². The van der Waals surface area contributed by atoms with Crippen LogP contribution in [0.25, 0.3) is 0 Å². The van der Waals surface area contributed by atoms with Gasteiger partial charge in [-0.15, -0.1) is 0 Å². The third-order valence-corrected chi connectivity index (χ3v) is 9.16. The van der Waals surface area contributed by atoms with Crippen LogP contribution >= 0.6 is 39.1 Å². The summed E-state index contributed by atoms with van der Waals surface area (Å²) in [5, 5.41) is 10.5. The average Bonchev–Trinajstić information content (AvgIpc) is 3.46. The second-order valence-electron chi connectivity index (χ2n) is 8.88. The number of carbonyl (C=O) groups excluding carboxylic acids is 1. The van der Waals surface area contributed by atoms with Gasteiger partial charge < -0.3 is 5.11 Å². The summed E-state index contributed by atoms with van der Waals surface area (Å²) >= 11 is 15.8. The number of fused-ring (bicyclic) bond motifs is 1. The minimum absolute atomic E-state index is 0.00612. The SMILES string of the molecule is C[C@@]1(Cc2ccc(Br)cc2)C(=O)N(c2cc(Cl)cc(Cl)c2)c2ncc(S(=O)(=O)N3CCC(O)C3)n21. The first kappa shape index (κ1) is 24.7. The number of carbonyl (C=O) groups is 1. The summed E-state index contributed by atoms with van der Waals surface area (Å²) in [4.78, 5) is 19.7. The Morgan fingerprint density at radius 3 is 2.43 bits per heavy atom. The van der Waals surface area contributed by atoms with Crippen molar-refractivity contribution in [2.45, 2.75) is 36.4 Å². The highest BCUT2D eigenvalue weighted by Crippen LogP contribution is 2.45. The summed E-state index contributed by atoms with van der Waals surface area (Å²) in [5.74, 6) is -0.203. The predicted octanol–water partition coefficient (Wildman–Crippen LogP) is 4.34. The highest BCUT2D eigenvalue weighted by molar-refractivity contribution is 9.10. The van der Waals surface area contributed by atoms with Crippen LogP contribution in [0.3, 0.4) is 0 Å². The van der Waals surface area contributed by atoms with Crippen LogP contribution in [0.5, 0.6) is 0 Å². The number of hydrogen-bond donors (Lipinski definition) is 1. The number of nitrogens with zero attached hydrogens (tertiary/aromatic N) is 4. The van der Waals surface area contributed by atoms with Gasteiger partial charge in [0.2, 0.25) is 5.95 Å². The molecule has 0 aliphatic carbocycles. The van der Waals surface area contributed by atoms with E-state index >= 15 is 0 Å². The maximum atomic E-state index is 14.0. The quantitative estimate of drug-likeness (QED) is 0.471. The molecule has 1 aromatic heterocycles. The maximum absolute atomic E-state index is 14.0. The second-order valence-corrected chi connectivity index (χ2v) is 12.6. The van der Waals surface area contributed by atoms with Crippen molar-refractivity contribution in [3.63, 3.8) is 0 Å². The van der Waals surface area contributed by atoms with Gasteiger partial charge in [0, 0.05) is 34.0 Å². The molecule has 0 radical (unpaired) electrons. The number of benzene rings is 2. The topological polar surface area (TPSA) is 95.7 Å². The Labute approximate surface area is 221 Å². The van der Waals surface area contributed by atoms with Crippen LogP contribution in [0.4, 0.5) is 11.6 Å². The summed E-state index contributed by atoms with van der Waals surface area (Å²) < 4.78 is 30.8. The molecule has 184 valence electrons.